The maximum Gasteiger partial charge on any atom is 0.408 e. The lowest BCUT2D eigenvalue weighted by molar-refractivity contribution is -0.124. The van der Waals surface area contributed by atoms with Crippen molar-refractivity contribution < 1.29 is 14.3 Å². The molecule has 2 N–H and O–H groups in total. The van der Waals surface area contributed by atoms with Crippen molar-refractivity contribution >= 4 is 17.7 Å². The molecule has 0 spiro atoms. The maximum absolute atomic E-state index is 12.4. The number of hydrogen-bond acceptors (Lipinski definition) is 4. The van der Waals surface area contributed by atoms with Crippen molar-refractivity contribution in [2.24, 2.45) is 5.92 Å². The second-order valence-corrected chi connectivity index (χ2v) is 7.65. The summed E-state index contributed by atoms with van der Waals surface area (Å²) in [5.74, 6) is -0.277. The van der Waals surface area contributed by atoms with E-state index in [2.05, 4.69) is 10.6 Å². The Morgan fingerprint density at radius 1 is 1.12 bits per heavy atom. The van der Waals surface area contributed by atoms with E-state index >= 15 is 0 Å². The first-order valence-electron chi connectivity index (χ1n) is 8.53. The topological polar surface area (TPSA) is 70.7 Å². The molecule has 140 valence electrons. The SMILES string of the molecule is CC(C)C(NC(=O)OC(C)(C)C)C(=O)NCc1ccc(N(C)C)cc1. The van der Waals surface area contributed by atoms with E-state index in [9.17, 15) is 9.59 Å². The highest BCUT2D eigenvalue weighted by atomic mass is 16.6. The molecule has 0 aromatic heterocycles. The zero-order valence-electron chi connectivity index (χ0n) is 16.3. The molecule has 0 heterocycles. The minimum atomic E-state index is -0.643. The zero-order valence-corrected chi connectivity index (χ0v) is 16.3. The van der Waals surface area contributed by atoms with E-state index in [1.807, 2.05) is 57.1 Å². The van der Waals surface area contributed by atoms with E-state index < -0.39 is 17.7 Å². The molecule has 0 aliphatic carbocycles. The molecule has 1 atom stereocenters. The fourth-order valence-electron chi connectivity index (χ4n) is 2.18. The highest BCUT2D eigenvalue weighted by Crippen LogP contribution is 2.12. The van der Waals surface area contributed by atoms with Crippen LogP contribution < -0.4 is 15.5 Å². The van der Waals surface area contributed by atoms with Gasteiger partial charge in [0.25, 0.3) is 0 Å². The molecule has 0 bridgehead atoms. The van der Waals surface area contributed by atoms with Crippen LogP contribution in [0.25, 0.3) is 0 Å². The number of rotatable bonds is 6. The number of nitrogens with zero attached hydrogens (tertiary/aromatic N) is 1. The summed E-state index contributed by atoms with van der Waals surface area (Å²) in [6.45, 7) is 9.53. The minimum Gasteiger partial charge on any atom is -0.444 e. The molecule has 1 aromatic rings. The summed E-state index contributed by atoms with van der Waals surface area (Å²) in [5.41, 5.74) is 1.50. The van der Waals surface area contributed by atoms with Crippen molar-refractivity contribution in [3.8, 4) is 0 Å². The Balaban J connectivity index is 2.63. The lowest BCUT2D eigenvalue weighted by atomic mass is 10.0. The first-order chi connectivity index (χ1) is 11.5. The third-order valence-corrected chi connectivity index (χ3v) is 3.54. The molecule has 0 fully saturated rings. The third-order valence-electron chi connectivity index (χ3n) is 3.54. The average molecular weight is 349 g/mol. The summed E-state index contributed by atoms with van der Waals surface area (Å²) in [6.07, 6.45) is -0.586. The van der Waals surface area contributed by atoms with Crippen molar-refractivity contribution in [3.05, 3.63) is 29.8 Å². The number of carbonyl (C=O) groups is 2. The molecule has 2 amide bonds. The normalized spacial score (nSPS) is 12.5. The number of carbonyl (C=O) groups excluding carboxylic acids is 2. The zero-order chi connectivity index (χ0) is 19.2. The van der Waals surface area contributed by atoms with Gasteiger partial charge in [-0.15, -0.1) is 0 Å². The minimum absolute atomic E-state index is 0.0522. The van der Waals surface area contributed by atoms with Crippen molar-refractivity contribution in [2.75, 3.05) is 19.0 Å². The smallest absolute Gasteiger partial charge is 0.408 e. The summed E-state index contributed by atoms with van der Waals surface area (Å²) < 4.78 is 5.23. The number of anilines is 1. The third kappa shape index (κ3) is 7.45. The fraction of sp³-hybridized carbons (Fsp3) is 0.579. The van der Waals surface area contributed by atoms with Crippen molar-refractivity contribution in [1.82, 2.24) is 10.6 Å². The number of nitrogens with one attached hydrogen (secondary N) is 2. The predicted octanol–water partition coefficient (Wildman–Crippen LogP) is 2.92. The standard InChI is InChI=1S/C19H31N3O3/c1-13(2)16(21-18(24)25-19(3,4)5)17(23)20-12-14-8-10-15(11-9-14)22(6)7/h8-11,13,16H,12H2,1-7H3,(H,20,23)(H,21,24). The average Bonchev–Trinajstić information content (AvgIpc) is 2.48. The highest BCUT2D eigenvalue weighted by Gasteiger charge is 2.26. The molecule has 0 aliphatic rings. The first kappa shape index (κ1) is 20.8. The quantitative estimate of drug-likeness (QED) is 0.828. The number of alkyl carbamates (subject to hydrolysis) is 1. The van der Waals surface area contributed by atoms with Crippen LogP contribution in [0.2, 0.25) is 0 Å². The Morgan fingerprint density at radius 3 is 2.12 bits per heavy atom. The van der Waals surface area contributed by atoms with Crippen LogP contribution in [0.5, 0.6) is 0 Å². The first-order valence-corrected chi connectivity index (χ1v) is 8.53. The van der Waals surface area contributed by atoms with Gasteiger partial charge >= 0.3 is 6.09 Å². The van der Waals surface area contributed by atoms with Crippen LogP contribution in [-0.4, -0.2) is 37.7 Å². The summed E-state index contributed by atoms with van der Waals surface area (Å²) in [6, 6.07) is 7.31. The van der Waals surface area contributed by atoms with Gasteiger partial charge in [0.2, 0.25) is 5.91 Å². The van der Waals surface area contributed by atoms with Gasteiger partial charge in [0.15, 0.2) is 0 Å². The lowest BCUT2D eigenvalue weighted by Crippen LogP contribution is -2.50. The van der Waals surface area contributed by atoms with Gasteiger partial charge in [-0.25, -0.2) is 4.79 Å². The number of hydrogen-bond donors (Lipinski definition) is 2. The Kier molecular flexibility index (Phi) is 7.27. The highest BCUT2D eigenvalue weighted by molar-refractivity contribution is 5.85. The van der Waals surface area contributed by atoms with E-state index in [0.717, 1.165) is 11.3 Å². The molecule has 0 radical (unpaired) electrons. The van der Waals surface area contributed by atoms with E-state index in [-0.39, 0.29) is 11.8 Å². The monoisotopic (exact) mass is 349 g/mol. The van der Waals surface area contributed by atoms with Gasteiger partial charge in [-0.2, -0.15) is 0 Å². The van der Waals surface area contributed by atoms with Crippen LogP contribution in [0.15, 0.2) is 24.3 Å². The maximum atomic E-state index is 12.4. The lowest BCUT2D eigenvalue weighted by Gasteiger charge is -2.25. The summed E-state index contributed by atoms with van der Waals surface area (Å²) in [4.78, 5) is 26.4. The van der Waals surface area contributed by atoms with Gasteiger partial charge < -0.3 is 20.3 Å². The molecule has 0 saturated heterocycles. The molecular weight excluding hydrogens is 318 g/mol. The van der Waals surface area contributed by atoms with Gasteiger partial charge in [-0.05, 0) is 44.4 Å². The Hall–Kier alpha value is -2.24. The Labute approximate surface area is 150 Å². The molecule has 25 heavy (non-hydrogen) atoms. The molecule has 0 aliphatic heterocycles. The molecule has 6 heteroatoms. The second-order valence-electron chi connectivity index (χ2n) is 7.65. The number of ether oxygens (including phenoxy) is 1. The van der Waals surface area contributed by atoms with E-state index in [4.69, 9.17) is 4.74 Å². The predicted molar refractivity (Wildman–Crippen MR) is 101 cm³/mol. The van der Waals surface area contributed by atoms with Crippen LogP contribution in [0.4, 0.5) is 10.5 Å². The van der Waals surface area contributed by atoms with Crippen LogP contribution >= 0.6 is 0 Å². The summed E-state index contributed by atoms with van der Waals surface area (Å²) >= 11 is 0. The Bertz CT molecular complexity index is 575. The number of benzene rings is 1. The van der Waals surface area contributed by atoms with Gasteiger partial charge in [-0.1, -0.05) is 26.0 Å². The van der Waals surface area contributed by atoms with Crippen molar-refractivity contribution in [2.45, 2.75) is 52.8 Å². The number of amides is 2. The van der Waals surface area contributed by atoms with Crippen molar-refractivity contribution in [1.29, 1.82) is 0 Å². The Morgan fingerprint density at radius 2 is 1.68 bits per heavy atom. The summed E-state index contributed by atoms with van der Waals surface area (Å²) in [7, 11) is 3.96. The molecule has 1 unspecified atom stereocenters. The van der Waals surface area contributed by atoms with E-state index in [0.29, 0.717) is 6.54 Å². The van der Waals surface area contributed by atoms with Crippen molar-refractivity contribution in [3.63, 3.8) is 0 Å². The van der Waals surface area contributed by atoms with Gasteiger partial charge in [0, 0.05) is 26.3 Å². The summed E-state index contributed by atoms with van der Waals surface area (Å²) in [5, 5.41) is 5.53. The van der Waals surface area contributed by atoms with Crippen LogP contribution in [0.3, 0.4) is 0 Å². The van der Waals surface area contributed by atoms with E-state index in [1.54, 1.807) is 20.8 Å². The molecule has 6 nitrogen and oxygen atoms in total. The van der Waals surface area contributed by atoms with Gasteiger partial charge in [-0.3, -0.25) is 4.79 Å². The molecule has 1 rings (SSSR count). The molecule has 1 aromatic carbocycles. The molecule has 0 saturated carbocycles. The largest absolute Gasteiger partial charge is 0.444 e. The van der Waals surface area contributed by atoms with Gasteiger partial charge in [0.05, 0.1) is 0 Å². The van der Waals surface area contributed by atoms with Crippen LogP contribution in [0.1, 0.15) is 40.2 Å². The molecular formula is C19H31N3O3. The van der Waals surface area contributed by atoms with E-state index in [1.165, 1.54) is 0 Å². The second kappa shape index (κ2) is 8.74. The fourth-order valence-corrected chi connectivity index (χ4v) is 2.18. The van der Waals surface area contributed by atoms with Crippen LogP contribution in [0, 0.1) is 5.92 Å². The van der Waals surface area contributed by atoms with Crippen LogP contribution in [-0.2, 0) is 16.1 Å². The van der Waals surface area contributed by atoms with Gasteiger partial charge in [0.1, 0.15) is 11.6 Å².